The van der Waals surface area contributed by atoms with Crippen LogP contribution in [0, 0.1) is 0 Å². The molecule has 0 aromatic carbocycles. The molecule has 0 heterocycles. The SMILES string of the molecule is COB(N)I. The summed E-state index contributed by atoms with van der Waals surface area (Å²) in [4.78, 5) is -0.146. The molecule has 0 spiro atoms. The minimum absolute atomic E-state index is 0.146. The van der Waals surface area contributed by atoms with Crippen molar-refractivity contribution in [2.24, 2.45) is 5.64 Å². The lowest BCUT2D eigenvalue weighted by Gasteiger charge is -1.86. The molecule has 30 valence electrons. The third-order valence-corrected chi connectivity index (χ3v) is 0.734. The van der Waals surface area contributed by atoms with Crippen molar-refractivity contribution in [3.63, 3.8) is 0 Å². The van der Waals surface area contributed by atoms with Crippen LogP contribution in [-0.2, 0) is 4.65 Å². The first-order chi connectivity index (χ1) is 2.27. The summed E-state index contributed by atoms with van der Waals surface area (Å²) >= 11 is 1.96. The summed E-state index contributed by atoms with van der Waals surface area (Å²) in [7, 11) is 1.57. The highest BCUT2D eigenvalue weighted by Gasteiger charge is 1.94. The van der Waals surface area contributed by atoms with E-state index in [1.165, 1.54) is 0 Å². The molecule has 0 aromatic rings. The van der Waals surface area contributed by atoms with Crippen LogP contribution >= 0.6 is 22.4 Å². The smallest absolute Gasteiger partial charge is 0.416 e. The average Bonchev–Trinajstić information content (AvgIpc) is 1.38. The lowest BCUT2D eigenvalue weighted by molar-refractivity contribution is 0.440. The monoisotopic (exact) mass is 185 g/mol. The summed E-state index contributed by atoms with van der Waals surface area (Å²) in [6, 6.07) is 0. The number of rotatable bonds is 1. The number of hydrogen-bond acceptors (Lipinski definition) is 2. The molecule has 0 aliphatic rings. The van der Waals surface area contributed by atoms with E-state index in [4.69, 9.17) is 5.64 Å². The maximum absolute atomic E-state index is 5.06. The largest absolute Gasteiger partial charge is 0.451 e. The van der Waals surface area contributed by atoms with Crippen LogP contribution in [0.25, 0.3) is 0 Å². The molecule has 0 saturated heterocycles. The molecule has 0 unspecified atom stereocenters. The van der Waals surface area contributed by atoms with Crippen molar-refractivity contribution in [1.82, 2.24) is 0 Å². The van der Waals surface area contributed by atoms with Gasteiger partial charge in [0.05, 0.1) is 0 Å². The molecule has 0 atom stereocenters. The van der Waals surface area contributed by atoms with Gasteiger partial charge in [-0.1, -0.05) is 22.4 Å². The van der Waals surface area contributed by atoms with E-state index in [1.807, 2.05) is 22.4 Å². The van der Waals surface area contributed by atoms with Crippen LogP contribution in [0.3, 0.4) is 0 Å². The maximum Gasteiger partial charge on any atom is 0.451 e. The minimum atomic E-state index is -0.146. The molecule has 0 radical (unpaired) electrons. The van der Waals surface area contributed by atoms with E-state index in [-0.39, 0.29) is 4.91 Å². The van der Waals surface area contributed by atoms with Crippen molar-refractivity contribution in [2.45, 2.75) is 0 Å². The molecular formula is CH5BINO. The van der Waals surface area contributed by atoms with E-state index in [0.29, 0.717) is 0 Å². The molecule has 0 rings (SSSR count). The van der Waals surface area contributed by atoms with Crippen LogP contribution in [0.4, 0.5) is 0 Å². The Labute approximate surface area is 45.1 Å². The predicted molar refractivity (Wildman–Crippen MR) is 31.0 cm³/mol. The summed E-state index contributed by atoms with van der Waals surface area (Å²) in [6.07, 6.45) is 0. The molecule has 0 amide bonds. The first-order valence-electron chi connectivity index (χ1n) is 1.20. The minimum Gasteiger partial charge on any atom is -0.416 e. The van der Waals surface area contributed by atoms with Crippen LogP contribution < -0.4 is 5.64 Å². The van der Waals surface area contributed by atoms with Gasteiger partial charge in [-0.05, 0) is 0 Å². The highest BCUT2D eigenvalue weighted by atomic mass is 127. The standard InChI is InChI=1S/CH5BINO/c1-5-2(3)4/h4H2,1H3. The second-order valence-corrected chi connectivity index (χ2v) is 1.81. The van der Waals surface area contributed by atoms with Gasteiger partial charge in [0, 0.05) is 7.11 Å². The normalized spacial score (nSPS) is 7.80. The van der Waals surface area contributed by atoms with E-state index in [1.54, 1.807) is 7.11 Å². The zero-order valence-corrected chi connectivity index (χ0v) is 5.10. The van der Waals surface area contributed by atoms with Crippen molar-refractivity contribution < 1.29 is 4.65 Å². The molecule has 0 aliphatic heterocycles. The van der Waals surface area contributed by atoms with E-state index >= 15 is 0 Å². The van der Waals surface area contributed by atoms with E-state index < -0.39 is 0 Å². The summed E-state index contributed by atoms with van der Waals surface area (Å²) in [5, 5.41) is 0. The Hall–Kier alpha value is 0.715. The third kappa shape index (κ3) is 4.71. The molecule has 0 bridgehead atoms. The summed E-state index contributed by atoms with van der Waals surface area (Å²) in [5.74, 6) is 0. The Balaban J connectivity index is 2.54. The molecule has 0 fully saturated rings. The van der Waals surface area contributed by atoms with Gasteiger partial charge in [-0.2, -0.15) is 0 Å². The second-order valence-electron chi connectivity index (χ2n) is 0.587. The zero-order chi connectivity index (χ0) is 4.28. The highest BCUT2D eigenvalue weighted by molar-refractivity contribution is 14.1. The molecule has 4 heteroatoms. The van der Waals surface area contributed by atoms with Crippen molar-refractivity contribution in [1.29, 1.82) is 0 Å². The van der Waals surface area contributed by atoms with Crippen molar-refractivity contribution in [2.75, 3.05) is 7.11 Å². The van der Waals surface area contributed by atoms with Gasteiger partial charge in [0.2, 0.25) is 0 Å². The first kappa shape index (κ1) is 5.71. The topological polar surface area (TPSA) is 35.2 Å². The Morgan fingerprint density at radius 1 is 2.00 bits per heavy atom. The Morgan fingerprint density at radius 2 is 2.20 bits per heavy atom. The van der Waals surface area contributed by atoms with Gasteiger partial charge in [-0.3, -0.25) is 0 Å². The molecule has 2 nitrogen and oxygen atoms in total. The lowest BCUT2D eigenvalue weighted by Crippen LogP contribution is -2.18. The van der Waals surface area contributed by atoms with Crippen molar-refractivity contribution >= 4 is 27.3 Å². The molecule has 0 saturated carbocycles. The highest BCUT2D eigenvalue weighted by Crippen LogP contribution is 1.80. The van der Waals surface area contributed by atoms with Gasteiger partial charge in [-0.15, -0.1) is 0 Å². The maximum atomic E-state index is 5.06. The van der Waals surface area contributed by atoms with Crippen LogP contribution in [0.2, 0.25) is 0 Å². The molecule has 0 aliphatic carbocycles. The second kappa shape index (κ2) is 2.93. The van der Waals surface area contributed by atoms with Gasteiger partial charge >= 0.3 is 4.91 Å². The fraction of sp³-hybridized carbons (Fsp3) is 1.00. The van der Waals surface area contributed by atoms with Crippen molar-refractivity contribution in [3.8, 4) is 0 Å². The number of nitrogens with two attached hydrogens (primary N) is 1. The van der Waals surface area contributed by atoms with Gasteiger partial charge < -0.3 is 10.3 Å². The quantitative estimate of drug-likeness (QED) is 0.461. The Kier molecular flexibility index (Phi) is 3.35. The van der Waals surface area contributed by atoms with Crippen LogP contribution in [0.15, 0.2) is 0 Å². The third-order valence-electron chi connectivity index (χ3n) is 0.225. The lowest BCUT2D eigenvalue weighted by atomic mass is 10.3. The van der Waals surface area contributed by atoms with Gasteiger partial charge in [0.1, 0.15) is 0 Å². The summed E-state index contributed by atoms with van der Waals surface area (Å²) < 4.78 is 4.51. The van der Waals surface area contributed by atoms with E-state index in [0.717, 1.165) is 0 Å². The number of hydrogen-bond donors (Lipinski definition) is 1. The summed E-state index contributed by atoms with van der Waals surface area (Å²) in [5.41, 5.74) is 5.06. The first-order valence-corrected chi connectivity index (χ1v) is 2.44. The van der Waals surface area contributed by atoms with Gasteiger partial charge in [0.25, 0.3) is 0 Å². The van der Waals surface area contributed by atoms with E-state index in [9.17, 15) is 0 Å². The molecule has 5 heavy (non-hydrogen) atoms. The summed E-state index contributed by atoms with van der Waals surface area (Å²) in [6.45, 7) is 0. The average molecular weight is 185 g/mol. The van der Waals surface area contributed by atoms with Gasteiger partial charge in [0.15, 0.2) is 0 Å². The molecule has 0 aromatic heterocycles. The Morgan fingerprint density at radius 3 is 2.20 bits per heavy atom. The van der Waals surface area contributed by atoms with Gasteiger partial charge in [-0.25, -0.2) is 0 Å². The Bertz CT molecular complexity index is 25.6. The fourth-order valence-corrected chi connectivity index (χ4v) is 0. The molecule has 2 N–H and O–H groups in total. The van der Waals surface area contributed by atoms with Crippen molar-refractivity contribution in [3.05, 3.63) is 0 Å². The predicted octanol–water partition coefficient (Wildman–Crippen LogP) is 0.0114. The fourth-order valence-electron chi connectivity index (χ4n) is 0. The van der Waals surface area contributed by atoms with Crippen LogP contribution in [0.1, 0.15) is 0 Å². The molecular weight excluding hydrogens is 180 g/mol. The number of halogens is 1. The van der Waals surface area contributed by atoms with E-state index in [2.05, 4.69) is 4.65 Å². The van der Waals surface area contributed by atoms with Crippen LogP contribution in [-0.4, -0.2) is 12.0 Å². The zero-order valence-electron chi connectivity index (χ0n) is 2.94. The van der Waals surface area contributed by atoms with Crippen LogP contribution in [0.5, 0.6) is 0 Å².